The van der Waals surface area contributed by atoms with Crippen molar-refractivity contribution in [1.82, 2.24) is 4.90 Å². The molecule has 0 amide bonds. The van der Waals surface area contributed by atoms with E-state index < -0.39 is 0 Å². The number of nitrogens with zero attached hydrogens (tertiary/aromatic N) is 1. The van der Waals surface area contributed by atoms with E-state index >= 15 is 0 Å². The van der Waals surface area contributed by atoms with Crippen molar-refractivity contribution in [3.63, 3.8) is 0 Å². The van der Waals surface area contributed by atoms with Crippen LogP contribution in [0.3, 0.4) is 0 Å². The fourth-order valence-corrected chi connectivity index (χ4v) is 3.59. The summed E-state index contributed by atoms with van der Waals surface area (Å²) in [6.45, 7) is 3.53. The highest BCUT2D eigenvalue weighted by molar-refractivity contribution is 6.18. The summed E-state index contributed by atoms with van der Waals surface area (Å²) in [5.74, 6) is 2.44. The molecular formula is C10H16ClNO. The van der Waals surface area contributed by atoms with Crippen LogP contribution in [0, 0.1) is 11.8 Å². The van der Waals surface area contributed by atoms with Crippen LogP contribution in [0.2, 0.25) is 0 Å². The lowest BCUT2D eigenvalue weighted by Gasteiger charge is -2.18. The molecule has 0 aromatic rings. The number of rotatable bonds is 2. The van der Waals surface area contributed by atoms with Gasteiger partial charge in [0.2, 0.25) is 0 Å². The van der Waals surface area contributed by atoms with Gasteiger partial charge in [-0.3, -0.25) is 0 Å². The lowest BCUT2D eigenvalue weighted by molar-refractivity contribution is 0.0714. The summed E-state index contributed by atoms with van der Waals surface area (Å²) in [6, 6.07) is 0. The van der Waals surface area contributed by atoms with Crippen molar-refractivity contribution in [1.29, 1.82) is 0 Å². The highest BCUT2D eigenvalue weighted by Crippen LogP contribution is 2.46. The van der Waals surface area contributed by atoms with E-state index in [2.05, 4.69) is 4.90 Å². The Balaban J connectivity index is 1.69. The molecule has 2 nitrogen and oxygen atoms in total. The third kappa shape index (κ3) is 1.23. The standard InChI is InChI=1S/C10H16ClNO/c11-3-4-12-5-7-8(6-12)10-2-1-9(7)13-10/h7-10H,1-6H2. The summed E-state index contributed by atoms with van der Waals surface area (Å²) in [5, 5.41) is 0. The predicted octanol–water partition coefficient (Wildman–Crippen LogP) is 1.33. The van der Waals surface area contributed by atoms with Gasteiger partial charge in [0.15, 0.2) is 0 Å². The number of hydrogen-bond acceptors (Lipinski definition) is 2. The first-order chi connectivity index (χ1) is 6.38. The van der Waals surface area contributed by atoms with Crippen molar-refractivity contribution in [2.24, 2.45) is 11.8 Å². The second kappa shape index (κ2) is 3.11. The van der Waals surface area contributed by atoms with Gasteiger partial charge in [0.05, 0.1) is 12.2 Å². The third-order valence-corrected chi connectivity index (χ3v) is 4.10. The highest BCUT2D eigenvalue weighted by atomic mass is 35.5. The van der Waals surface area contributed by atoms with E-state index in [1.165, 1.54) is 25.9 Å². The molecule has 3 heterocycles. The smallest absolute Gasteiger partial charge is 0.0624 e. The van der Waals surface area contributed by atoms with E-state index in [9.17, 15) is 0 Å². The summed E-state index contributed by atoms with van der Waals surface area (Å²) in [5.41, 5.74) is 0. The molecule has 3 aliphatic rings. The molecule has 3 rings (SSSR count). The van der Waals surface area contributed by atoms with Gasteiger partial charge in [-0.2, -0.15) is 0 Å². The Labute approximate surface area is 84.2 Å². The number of hydrogen-bond donors (Lipinski definition) is 0. The molecule has 3 heteroatoms. The van der Waals surface area contributed by atoms with Crippen molar-refractivity contribution in [3.05, 3.63) is 0 Å². The fourth-order valence-electron chi connectivity index (χ4n) is 3.35. The monoisotopic (exact) mass is 201 g/mol. The molecule has 0 saturated carbocycles. The van der Waals surface area contributed by atoms with Crippen LogP contribution in [-0.2, 0) is 4.74 Å². The zero-order valence-electron chi connectivity index (χ0n) is 7.79. The Kier molecular flexibility index (Phi) is 2.04. The minimum atomic E-state index is 0.593. The van der Waals surface area contributed by atoms with Gasteiger partial charge >= 0.3 is 0 Å². The third-order valence-electron chi connectivity index (χ3n) is 3.93. The molecule has 0 N–H and O–H groups in total. The summed E-state index contributed by atoms with van der Waals surface area (Å²) < 4.78 is 5.91. The molecule has 13 heavy (non-hydrogen) atoms. The van der Waals surface area contributed by atoms with Gasteiger partial charge in [-0.1, -0.05) is 0 Å². The maximum absolute atomic E-state index is 5.91. The first-order valence-corrected chi connectivity index (χ1v) is 5.85. The zero-order valence-corrected chi connectivity index (χ0v) is 8.54. The van der Waals surface area contributed by atoms with Crippen LogP contribution in [0.5, 0.6) is 0 Å². The van der Waals surface area contributed by atoms with Crippen molar-refractivity contribution >= 4 is 11.6 Å². The van der Waals surface area contributed by atoms with Gasteiger partial charge in [-0.25, -0.2) is 0 Å². The Morgan fingerprint density at radius 2 is 1.77 bits per heavy atom. The molecule has 3 aliphatic heterocycles. The Morgan fingerprint density at radius 1 is 1.15 bits per heavy atom. The molecule has 4 unspecified atom stereocenters. The lowest BCUT2D eigenvalue weighted by atomic mass is 9.82. The van der Waals surface area contributed by atoms with E-state index in [4.69, 9.17) is 16.3 Å². The predicted molar refractivity (Wildman–Crippen MR) is 52.0 cm³/mol. The molecule has 0 radical (unpaired) electrons. The maximum atomic E-state index is 5.91. The quantitative estimate of drug-likeness (QED) is 0.626. The molecule has 0 aliphatic carbocycles. The van der Waals surface area contributed by atoms with Gasteiger partial charge in [0.1, 0.15) is 0 Å². The average Bonchev–Trinajstić information content (AvgIpc) is 2.72. The number of ether oxygens (including phenoxy) is 1. The maximum Gasteiger partial charge on any atom is 0.0624 e. The van der Waals surface area contributed by atoms with E-state index in [1.807, 2.05) is 0 Å². The van der Waals surface area contributed by atoms with Gasteiger partial charge in [-0.15, -0.1) is 11.6 Å². The van der Waals surface area contributed by atoms with E-state index in [-0.39, 0.29) is 0 Å². The van der Waals surface area contributed by atoms with E-state index in [1.54, 1.807) is 0 Å². The fraction of sp³-hybridized carbons (Fsp3) is 1.00. The van der Waals surface area contributed by atoms with Crippen LogP contribution in [0.25, 0.3) is 0 Å². The summed E-state index contributed by atoms with van der Waals surface area (Å²) in [7, 11) is 0. The van der Waals surface area contributed by atoms with Crippen molar-refractivity contribution in [2.75, 3.05) is 25.5 Å². The minimum absolute atomic E-state index is 0.593. The largest absolute Gasteiger partial charge is 0.374 e. The van der Waals surface area contributed by atoms with Crippen LogP contribution in [0.1, 0.15) is 12.8 Å². The van der Waals surface area contributed by atoms with Gasteiger partial charge < -0.3 is 9.64 Å². The number of halogens is 1. The van der Waals surface area contributed by atoms with Gasteiger partial charge in [0, 0.05) is 37.4 Å². The lowest BCUT2D eigenvalue weighted by Crippen LogP contribution is -2.26. The molecule has 0 spiro atoms. The molecule has 3 saturated heterocycles. The van der Waals surface area contributed by atoms with Crippen molar-refractivity contribution < 1.29 is 4.74 Å². The Hall–Kier alpha value is 0.210. The van der Waals surface area contributed by atoms with Crippen LogP contribution in [0.15, 0.2) is 0 Å². The topological polar surface area (TPSA) is 12.5 Å². The summed E-state index contributed by atoms with van der Waals surface area (Å²) in [6.07, 6.45) is 3.80. The van der Waals surface area contributed by atoms with Gasteiger partial charge in [0.25, 0.3) is 0 Å². The molecule has 4 atom stereocenters. The molecule has 0 aromatic carbocycles. The number of likely N-dealkylation sites (tertiary alicyclic amines) is 1. The number of alkyl halides is 1. The average molecular weight is 202 g/mol. The molecule has 0 aromatic heterocycles. The van der Waals surface area contributed by atoms with Crippen LogP contribution in [-0.4, -0.2) is 42.6 Å². The molecule has 74 valence electrons. The van der Waals surface area contributed by atoms with Crippen LogP contribution >= 0.6 is 11.6 Å². The molecule has 2 bridgehead atoms. The minimum Gasteiger partial charge on any atom is -0.374 e. The van der Waals surface area contributed by atoms with Crippen molar-refractivity contribution in [2.45, 2.75) is 25.0 Å². The normalized spacial score (nSPS) is 48.7. The Morgan fingerprint density at radius 3 is 2.31 bits per heavy atom. The summed E-state index contributed by atoms with van der Waals surface area (Å²) in [4.78, 5) is 2.51. The van der Waals surface area contributed by atoms with E-state index in [0.29, 0.717) is 12.2 Å². The SMILES string of the molecule is ClCCN1CC2C3CCC(O3)C2C1. The van der Waals surface area contributed by atoms with E-state index in [0.717, 1.165) is 24.3 Å². The zero-order chi connectivity index (χ0) is 8.84. The number of fused-ring (bicyclic) bond motifs is 5. The molecule has 3 fully saturated rings. The second-order valence-electron chi connectivity index (χ2n) is 4.57. The molecular weight excluding hydrogens is 186 g/mol. The summed E-state index contributed by atoms with van der Waals surface area (Å²) >= 11 is 5.75. The Bertz CT molecular complexity index is 193. The van der Waals surface area contributed by atoms with Gasteiger partial charge in [-0.05, 0) is 12.8 Å². The first-order valence-electron chi connectivity index (χ1n) is 5.32. The second-order valence-corrected chi connectivity index (χ2v) is 4.94. The van der Waals surface area contributed by atoms with Crippen molar-refractivity contribution in [3.8, 4) is 0 Å². The highest BCUT2D eigenvalue weighted by Gasteiger charge is 2.52. The first kappa shape index (κ1) is 8.51. The van der Waals surface area contributed by atoms with Crippen LogP contribution < -0.4 is 0 Å². The van der Waals surface area contributed by atoms with Crippen LogP contribution in [0.4, 0.5) is 0 Å².